The lowest BCUT2D eigenvalue weighted by Crippen LogP contribution is -2.74. The number of hydrogen-bond acceptors (Lipinski definition) is 2. The topological polar surface area (TPSA) is 26.3 Å². The van der Waals surface area contributed by atoms with Gasteiger partial charge >= 0.3 is 53.6 Å². The summed E-state index contributed by atoms with van der Waals surface area (Å²) < 4.78 is 229. The number of halogens is 17. The van der Waals surface area contributed by atoms with Crippen molar-refractivity contribution in [3.8, 4) is 0 Å². The average Bonchev–Trinajstić information content (AvgIpc) is 2.81. The zero-order valence-corrected chi connectivity index (χ0v) is 21.2. The van der Waals surface area contributed by atoms with Gasteiger partial charge in [-0.1, -0.05) is 58.3 Å². The summed E-state index contributed by atoms with van der Waals surface area (Å²) in [5, 5.41) is 0. The Morgan fingerprint density at radius 3 is 1.22 bits per heavy atom. The summed E-state index contributed by atoms with van der Waals surface area (Å²) in [5.74, 6) is -58.0. The minimum Gasteiger partial charge on any atom is -0.465 e. The monoisotopic (exact) mass is 646 g/mol. The molecule has 0 aliphatic rings. The zero-order valence-electron chi connectivity index (χ0n) is 21.2. The maximum atomic E-state index is 13.8. The van der Waals surface area contributed by atoms with Crippen LogP contribution in [0.1, 0.15) is 77.6 Å². The van der Waals surface area contributed by atoms with E-state index in [0.29, 0.717) is 12.8 Å². The van der Waals surface area contributed by atoms with Crippen molar-refractivity contribution in [3.05, 3.63) is 0 Å². The summed E-state index contributed by atoms with van der Waals surface area (Å²) in [6.45, 7) is 0.113. The van der Waals surface area contributed by atoms with Gasteiger partial charge in [0.25, 0.3) is 0 Å². The van der Waals surface area contributed by atoms with E-state index in [1.807, 2.05) is 6.92 Å². The van der Waals surface area contributed by atoms with E-state index < -0.39 is 73.1 Å². The van der Waals surface area contributed by atoms with Gasteiger partial charge in [0.05, 0.1) is 13.0 Å². The predicted octanol–water partition coefficient (Wildman–Crippen LogP) is 9.85. The van der Waals surface area contributed by atoms with Gasteiger partial charge < -0.3 is 4.74 Å². The van der Waals surface area contributed by atoms with Gasteiger partial charge in [0.15, 0.2) is 0 Å². The Hall–Kier alpha value is -1.72. The summed E-state index contributed by atoms with van der Waals surface area (Å²) in [5.41, 5.74) is 0. The number of esters is 1. The van der Waals surface area contributed by atoms with Gasteiger partial charge in [0.2, 0.25) is 0 Å². The summed E-state index contributed by atoms with van der Waals surface area (Å²) in [7, 11) is 0. The van der Waals surface area contributed by atoms with Crippen molar-refractivity contribution in [2.24, 2.45) is 0 Å². The fourth-order valence-electron chi connectivity index (χ4n) is 3.30. The van der Waals surface area contributed by atoms with Crippen LogP contribution in [0.5, 0.6) is 0 Å². The first kappa shape index (κ1) is 39.3. The molecule has 0 N–H and O–H groups in total. The first-order valence-corrected chi connectivity index (χ1v) is 12.1. The van der Waals surface area contributed by atoms with Crippen molar-refractivity contribution < 1.29 is 84.2 Å². The van der Waals surface area contributed by atoms with E-state index in [4.69, 9.17) is 0 Å². The molecule has 0 spiro atoms. The molecule has 0 radical (unpaired) electrons. The molecule has 0 saturated heterocycles. The van der Waals surface area contributed by atoms with E-state index in [1.165, 1.54) is 0 Å². The van der Waals surface area contributed by atoms with Crippen LogP contribution in [-0.4, -0.2) is 60.2 Å². The Morgan fingerprint density at radius 2 is 0.829 bits per heavy atom. The van der Waals surface area contributed by atoms with Crippen LogP contribution in [0.2, 0.25) is 0 Å². The third kappa shape index (κ3) is 8.02. The van der Waals surface area contributed by atoms with Gasteiger partial charge in [0, 0.05) is 6.42 Å². The lowest BCUT2D eigenvalue weighted by Gasteiger charge is -2.42. The van der Waals surface area contributed by atoms with Crippen LogP contribution < -0.4 is 0 Å². The molecule has 0 amide bonds. The minimum absolute atomic E-state index is 0.108. The maximum Gasteiger partial charge on any atom is 0.460 e. The average molecular weight is 646 g/mol. The van der Waals surface area contributed by atoms with Gasteiger partial charge in [-0.05, 0) is 6.42 Å². The van der Waals surface area contributed by atoms with Crippen LogP contribution in [-0.2, 0) is 9.53 Å². The highest BCUT2D eigenvalue weighted by atomic mass is 19.4. The lowest BCUT2D eigenvalue weighted by atomic mass is 9.88. The van der Waals surface area contributed by atoms with Crippen molar-refractivity contribution >= 4 is 5.97 Å². The summed E-state index contributed by atoms with van der Waals surface area (Å²) >= 11 is 0. The van der Waals surface area contributed by atoms with Crippen LogP contribution in [0.25, 0.3) is 0 Å². The quantitative estimate of drug-likeness (QED) is 0.0794. The Bertz CT molecular complexity index is 821. The highest BCUT2D eigenvalue weighted by molar-refractivity contribution is 5.69. The normalized spacial score (nSPS) is 14.9. The predicted molar refractivity (Wildman–Crippen MR) is 108 cm³/mol. The standard InChI is InChI=1S/C22H27F17O2/c1-2-3-4-5-6-7-8-9-10-11-14(40)41-13-12-15(23,24)16(25,26)17(27,28)18(29,30)19(31,32)20(33,34)21(35,36)22(37,38)39/h2-13H2,1H3. The summed E-state index contributed by atoms with van der Waals surface area (Å²) in [4.78, 5) is 11.5. The molecule has 0 aromatic heterocycles. The molecule has 0 rings (SSSR count). The molecule has 0 heterocycles. The molecule has 19 heteroatoms. The number of rotatable bonds is 19. The first-order chi connectivity index (χ1) is 18.2. The summed E-state index contributed by atoms with van der Waals surface area (Å²) in [6, 6.07) is 0. The van der Waals surface area contributed by atoms with E-state index in [-0.39, 0.29) is 6.42 Å². The smallest absolute Gasteiger partial charge is 0.460 e. The van der Waals surface area contributed by atoms with Crippen molar-refractivity contribution in [3.63, 3.8) is 0 Å². The van der Waals surface area contributed by atoms with Crippen LogP contribution in [0.3, 0.4) is 0 Å². The minimum atomic E-state index is -8.66. The number of ether oxygens (including phenoxy) is 1. The fourth-order valence-corrected chi connectivity index (χ4v) is 3.30. The Labute approximate surface area is 222 Å². The van der Waals surface area contributed by atoms with E-state index in [1.54, 1.807) is 0 Å². The van der Waals surface area contributed by atoms with Gasteiger partial charge in [0.1, 0.15) is 0 Å². The molecule has 0 atom stereocenters. The SMILES string of the molecule is CCCCCCCCCCCC(=O)OCCC(F)(F)C(F)(F)C(F)(F)C(F)(F)C(F)(F)C(F)(F)C(F)(F)C(F)(F)F. The number of carbonyl (C=O) groups is 1. The van der Waals surface area contributed by atoms with E-state index in [2.05, 4.69) is 4.74 Å². The van der Waals surface area contributed by atoms with Gasteiger partial charge in [-0.3, -0.25) is 4.79 Å². The third-order valence-electron chi connectivity index (χ3n) is 5.95. The van der Waals surface area contributed by atoms with Gasteiger partial charge in [-0.25, -0.2) is 0 Å². The van der Waals surface area contributed by atoms with Crippen LogP contribution in [0.4, 0.5) is 74.6 Å². The molecule has 0 aromatic rings. The molecular weight excluding hydrogens is 619 g/mol. The highest BCUT2D eigenvalue weighted by Crippen LogP contribution is 2.64. The van der Waals surface area contributed by atoms with Crippen molar-refractivity contribution in [1.82, 2.24) is 0 Å². The molecule has 0 aliphatic carbocycles. The lowest BCUT2D eigenvalue weighted by molar-refractivity contribution is -0.461. The van der Waals surface area contributed by atoms with E-state index >= 15 is 0 Å². The Balaban J connectivity index is 5.37. The van der Waals surface area contributed by atoms with Crippen molar-refractivity contribution in [2.45, 2.75) is 125 Å². The summed E-state index contributed by atoms with van der Waals surface area (Å²) in [6.07, 6.45) is -4.11. The van der Waals surface area contributed by atoms with E-state index in [9.17, 15) is 79.4 Å². The zero-order chi connectivity index (χ0) is 32.8. The van der Waals surface area contributed by atoms with Crippen LogP contribution >= 0.6 is 0 Å². The molecular formula is C22H27F17O2. The Morgan fingerprint density at radius 1 is 0.488 bits per heavy atom. The van der Waals surface area contributed by atoms with Crippen molar-refractivity contribution in [1.29, 1.82) is 0 Å². The number of carbonyl (C=O) groups excluding carboxylic acids is 1. The van der Waals surface area contributed by atoms with Crippen molar-refractivity contribution in [2.75, 3.05) is 6.61 Å². The molecule has 0 saturated carbocycles. The molecule has 0 unspecified atom stereocenters. The second kappa shape index (κ2) is 13.7. The second-order valence-corrected chi connectivity index (χ2v) is 9.20. The number of hydrogen-bond donors (Lipinski definition) is 0. The fraction of sp³-hybridized carbons (Fsp3) is 0.955. The second-order valence-electron chi connectivity index (χ2n) is 9.20. The largest absolute Gasteiger partial charge is 0.465 e. The highest BCUT2D eigenvalue weighted by Gasteiger charge is 2.95. The number of unbranched alkanes of at least 4 members (excludes halogenated alkanes) is 8. The molecule has 0 fully saturated rings. The molecule has 0 bridgehead atoms. The van der Waals surface area contributed by atoms with Gasteiger partial charge in [-0.15, -0.1) is 0 Å². The molecule has 41 heavy (non-hydrogen) atoms. The number of alkyl halides is 17. The third-order valence-corrected chi connectivity index (χ3v) is 5.95. The molecule has 246 valence electrons. The maximum absolute atomic E-state index is 13.8. The molecule has 0 aromatic carbocycles. The molecule has 2 nitrogen and oxygen atoms in total. The molecule has 0 aliphatic heterocycles. The van der Waals surface area contributed by atoms with E-state index in [0.717, 1.165) is 38.5 Å². The van der Waals surface area contributed by atoms with Crippen LogP contribution in [0, 0.1) is 0 Å². The Kier molecular flexibility index (Phi) is 13.1. The first-order valence-electron chi connectivity index (χ1n) is 12.1. The van der Waals surface area contributed by atoms with Gasteiger partial charge in [-0.2, -0.15) is 74.6 Å². The van der Waals surface area contributed by atoms with Crippen LogP contribution in [0.15, 0.2) is 0 Å².